The lowest BCUT2D eigenvalue weighted by molar-refractivity contribution is 0.0658. The van der Waals surface area contributed by atoms with Gasteiger partial charge >= 0.3 is 0 Å². The molecule has 1 N–H and O–H groups in total. The number of guanidine groups is 1. The third-order valence-electron chi connectivity index (χ3n) is 5.26. The van der Waals surface area contributed by atoms with Gasteiger partial charge in [-0.05, 0) is 35.7 Å². The molecule has 2 aliphatic heterocycles. The molecule has 29 heavy (non-hydrogen) atoms. The van der Waals surface area contributed by atoms with E-state index >= 15 is 0 Å². The third-order valence-corrected chi connectivity index (χ3v) is 5.26. The van der Waals surface area contributed by atoms with Crippen molar-refractivity contribution in [3.8, 4) is 5.75 Å². The average molecular weight is 510 g/mol. The number of aliphatic imine (C=N–C) groups is 1. The van der Waals surface area contributed by atoms with Crippen LogP contribution in [0.3, 0.4) is 0 Å². The zero-order valence-electron chi connectivity index (χ0n) is 16.6. The molecule has 0 atom stereocenters. The van der Waals surface area contributed by atoms with E-state index in [0.29, 0.717) is 18.8 Å². The van der Waals surface area contributed by atoms with E-state index in [2.05, 4.69) is 33.4 Å². The Hall–Kier alpha value is -2.23. The number of carbonyl (C=O) groups is 1. The number of furan rings is 1. The second kappa shape index (κ2) is 10.00. The summed E-state index contributed by atoms with van der Waals surface area (Å²) in [7, 11) is 1.80. The van der Waals surface area contributed by atoms with Gasteiger partial charge in [-0.15, -0.1) is 24.0 Å². The number of halogens is 1. The minimum Gasteiger partial charge on any atom is -0.493 e. The Morgan fingerprint density at radius 1 is 1.17 bits per heavy atom. The van der Waals surface area contributed by atoms with Gasteiger partial charge in [-0.3, -0.25) is 9.79 Å². The van der Waals surface area contributed by atoms with E-state index in [-0.39, 0.29) is 29.9 Å². The van der Waals surface area contributed by atoms with Crippen LogP contribution in [0.25, 0.3) is 0 Å². The van der Waals surface area contributed by atoms with Crippen molar-refractivity contribution in [3.63, 3.8) is 0 Å². The highest BCUT2D eigenvalue weighted by atomic mass is 127. The fourth-order valence-corrected chi connectivity index (χ4v) is 3.72. The van der Waals surface area contributed by atoms with Crippen LogP contribution in [0.1, 0.15) is 21.7 Å². The van der Waals surface area contributed by atoms with Crippen LogP contribution in [-0.4, -0.2) is 68.0 Å². The van der Waals surface area contributed by atoms with E-state index in [1.807, 2.05) is 4.90 Å². The summed E-state index contributed by atoms with van der Waals surface area (Å²) in [4.78, 5) is 20.8. The average Bonchev–Trinajstić information content (AvgIpc) is 3.42. The highest BCUT2D eigenvalue weighted by Gasteiger charge is 2.25. The van der Waals surface area contributed by atoms with E-state index in [9.17, 15) is 4.79 Å². The highest BCUT2D eigenvalue weighted by molar-refractivity contribution is 14.0. The number of carbonyl (C=O) groups excluding carboxylic acids is 1. The number of nitrogens with one attached hydrogen (secondary N) is 1. The lowest BCUT2D eigenvalue weighted by atomic mass is 10.1. The van der Waals surface area contributed by atoms with Gasteiger partial charge in [0.15, 0.2) is 11.7 Å². The molecule has 0 saturated carbocycles. The van der Waals surface area contributed by atoms with Gasteiger partial charge in [0.05, 0.1) is 12.9 Å². The van der Waals surface area contributed by atoms with E-state index in [4.69, 9.17) is 9.15 Å². The summed E-state index contributed by atoms with van der Waals surface area (Å²) in [5.74, 6) is 2.26. The van der Waals surface area contributed by atoms with Crippen LogP contribution < -0.4 is 10.1 Å². The van der Waals surface area contributed by atoms with E-state index in [1.165, 1.54) is 17.4 Å². The first-order valence-corrected chi connectivity index (χ1v) is 9.77. The third kappa shape index (κ3) is 5.04. The normalized spacial score (nSPS) is 16.1. The molecule has 3 heterocycles. The van der Waals surface area contributed by atoms with Crippen LogP contribution in [0, 0.1) is 0 Å². The Kier molecular flexibility index (Phi) is 7.40. The maximum Gasteiger partial charge on any atom is 0.289 e. The Morgan fingerprint density at radius 2 is 1.97 bits per heavy atom. The van der Waals surface area contributed by atoms with Gasteiger partial charge in [-0.1, -0.05) is 12.1 Å². The first-order chi connectivity index (χ1) is 13.7. The van der Waals surface area contributed by atoms with Crippen molar-refractivity contribution in [2.45, 2.75) is 12.8 Å². The van der Waals surface area contributed by atoms with E-state index in [0.717, 1.165) is 50.8 Å². The Labute approximate surface area is 188 Å². The summed E-state index contributed by atoms with van der Waals surface area (Å²) in [6, 6.07) is 9.89. The summed E-state index contributed by atoms with van der Waals surface area (Å²) in [5.41, 5.74) is 2.61. The van der Waals surface area contributed by atoms with Gasteiger partial charge in [0, 0.05) is 46.2 Å². The quantitative estimate of drug-likeness (QED) is 0.389. The number of fused-ring (bicyclic) bond motifs is 1. The predicted molar refractivity (Wildman–Crippen MR) is 122 cm³/mol. The Balaban J connectivity index is 0.00000240. The van der Waals surface area contributed by atoms with Crippen LogP contribution in [0.4, 0.5) is 0 Å². The number of hydrogen-bond acceptors (Lipinski definition) is 4. The topological polar surface area (TPSA) is 70.3 Å². The molecule has 0 radical (unpaired) electrons. The maximum absolute atomic E-state index is 12.4. The lowest BCUT2D eigenvalue weighted by Gasteiger charge is -2.36. The van der Waals surface area contributed by atoms with Crippen molar-refractivity contribution in [2.75, 3.05) is 46.4 Å². The van der Waals surface area contributed by atoms with Gasteiger partial charge in [-0.25, -0.2) is 0 Å². The molecule has 4 rings (SSSR count). The number of piperazine rings is 1. The number of benzene rings is 1. The number of ether oxygens (including phenoxy) is 1. The van der Waals surface area contributed by atoms with Gasteiger partial charge in [0.25, 0.3) is 5.91 Å². The summed E-state index contributed by atoms with van der Waals surface area (Å²) in [6.45, 7) is 4.43. The molecule has 0 spiro atoms. The highest BCUT2D eigenvalue weighted by Crippen LogP contribution is 2.25. The molecule has 1 aromatic heterocycles. The number of hydrogen-bond donors (Lipinski definition) is 1. The SMILES string of the molecule is CN=C(NCCc1ccc2c(c1)CCO2)N1CCN(C(=O)c2ccco2)CC1.I. The van der Waals surface area contributed by atoms with E-state index in [1.54, 1.807) is 19.2 Å². The molecule has 1 saturated heterocycles. The number of rotatable bonds is 4. The molecule has 0 bridgehead atoms. The van der Waals surface area contributed by atoms with Gasteiger partial charge < -0.3 is 24.3 Å². The molecule has 1 aromatic carbocycles. The molecule has 0 unspecified atom stereocenters. The second-order valence-corrected chi connectivity index (χ2v) is 7.02. The monoisotopic (exact) mass is 510 g/mol. The first-order valence-electron chi connectivity index (χ1n) is 9.77. The van der Waals surface area contributed by atoms with Crippen molar-refractivity contribution in [1.29, 1.82) is 0 Å². The zero-order chi connectivity index (χ0) is 19.3. The van der Waals surface area contributed by atoms with Crippen molar-refractivity contribution in [1.82, 2.24) is 15.1 Å². The minimum absolute atomic E-state index is 0. The molecule has 1 fully saturated rings. The minimum atomic E-state index is -0.0480. The van der Waals surface area contributed by atoms with Crippen molar-refractivity contribution in [3.05, 3.63) is 53.5 Å². The fourth-order valence-electron chi connectivity index (χ4n) is 3.72. The maximum atomic E-state index is 12.4. The van der Waals surface area contributed by atoms with Crippen molar-refractivity contribution >= 4 is 35.8 Å². The molecule has 7 nitrogen and oxygen atoms in total. The lowest BCUT2D eigenvalue weighted by Crippen LogP contribution is -2.54. The van der Waals surface area contributed by atoms with Crippen LogP contribution in [-0.2, 0) is 12.8 Å². The number of amides is 1. The van der Waals surface area contributed by atoms with Crippen LogP contribution in [0.2, 0.25) is 0 Å². The molecule has 1 amide bonds. The fraction of sp³-hybridized carbons (Fsp3) is 0.429. The molecule has 2 aliphatic rings. The molecular weight excluding hydrogens is 483 g/mol. The van der Waals surface area contributed by atoms with Crippen LogP contribution in [0.5, 0.6) is 5.75 Å². The summed E-state index contributed by atoms with van der Waals surface area (Å²) in [5, 5.41) is 3.45. The second-order valence-electron chi connectivity index (χ2n) is 7.02. The smallest absolute Gasteiger partial charge is 0.289 e. The number of nitrogens with zero attached hydrogens (tertiary/aromatic N) is 3. The Bertz CT molecular complexity index is 846. The van der Waals surface area contributed by atoms with Gasteiger partial charge in [0.2, 0.25) is 0 Å². The van der Waals surface area contributed by atoms with Gasteiger partial charge in [0.1, 0.15) is 5.75 Å². The summed E-state index contributed by atoms with van der Waals surface area (Å²) < 4.78 is 10.8. The van der Waals surface area contributed by atoms with Crippen LogP contribution >= 0.6 is 24.0 Å². The summed E-state index contributed by atoms with van der Waals surface area (Å²) >= 11 is 0. The molecular formula is C21H27IN4O3. The molecule has 2 aromatic rings. The zero-order valence-corrected chi connectivity index (χ0v) is 18.9. The largest absolute Gasteiger partial charge is 0.493 e. The Morgan fingerprint density at radius 3 is 2.69 bits per heavy atom. The predicted octanol–water partition coefficient (Wildman–Crippen LogP) is 2.41. The first kappa shape index (κ1) is 21.5. The van der Waals surface area contributed by atoms with Gasteiger partial charge in [-0.2, -0.15) is 0 Å². The van der Waals surface area contributed by atoms with Crippen LogP contribution in [0.15, 0.2) is 46.0 Å². The molecule has 8 heteroatoms. The van der Waals surface area contributed by atoms with E-state index < -0.39 is 0 Å². The van der Waals surface area contributed by atoms with Crippen molar-refractivity contribution in [2.24, 2.45) is 4.99 Å². The summed E-state index contributed by atoms with van der Waals surface area (Å²) in [6.07, 6.45) is 3.46. The molecule has 156 valence electrons. The molecule has 0 aliphatic carbocycles. The van der Waals surface area contributed by atoms with Crippen molar-refractivity contribution < 1.29 is 13.9 Å². The standard InChI is InChI=1S/C21H26N4O3.HI/c1-22-21(23-8-6-16-4-5-18-17(15-16)7-14-28-18)25-11-9-24(10-12-25)20(26)19-3-2-13-27-19;/h2-5,13,15H,6-12,14H2,1H3,(H,22,23);1H.